The van der Waals surface area contributed by atoms with Crippen LogP contribution in [0, 0.1) is 13.8 Å². The molecule has 0 aromatic carbocycles. The lowest BCUT2D eigenvalue weighted by atomic mass is 10.3. The van der Waals surface area contributed by atoms with Crippen LogP contribution in [0.5, 0.6) is 0 Å². The number of aryl methyl sites for hydroxylation is 2. The molecule has 0 bridgehead atoms. The average Bonchev–Trinajstić information content (AvgIpc) is 2.47. The maximum absolute atomic E-state index is 10.7. The molecule has 2 rings (SSSR count). The number of nitrogens with zero attached hydrogens (tertiary/aromatic N) is 2. The van der Waals surface area contributed by atoms with Crippen LogP contribution in [0.15, 0.2) is 18.3 Å². The zero-order valence-electron chi connectivity index (χ0n) is 7.98. The van der Waals surface area contributed by atoms with Gasteiger partial charge < -0.3 is 9.51 Å². The van der Waals surface area contributed by atoms with Crippen LogP contribution in [0.4, 0.5) is 0 Å². The van der Waals surface area contributed by atoms with Crippen LogP contribution in [0.3, 0.4) is 0 Å². The largest absolute Gasteiger partial charge is 0.478 e. The summed E-state index contributed by atoms with van der Waals surface area (Å²) in [6.07, 6.45) is 1.58. The topological polar surface area (TPSA) is 54.6 Å². The SMILES string of the molecule is Cc1cc(C)n2cc(C(=O)O)cc2n1. The summed E-state index contributed by atoms with van der Waals surface area (Å²) in [5, 5.41) is 8.80. The van der Waals surface area contributed by atoms with Crippen LogP contribution in [0.25, 0.3) is 5.65 Å². The first kappa shape index (κ1) is 8.74. The number of aromatic nitrogens is 2. The van der Waals surface area contributed by atoms with Crippen LogP contribution in [0.2, 0.25) is 0 Å². The minimum atomic E-state index is -0.924. The van der Waals surface area contributed by atoms with Gasteiger partial charge in [-0.3, -0.25) is 0 Å². The third-order valence-electron chi connectivity index (χ3n) is 2.14. The summed E-state index contributed by atoms with van der Waals surface area (Å²) in [5.41, 5.74) is 2.83. The predicted molar refractivity (Wildman–Crippen MR) is 51.6 cm³/mol. The maximum atomic E-state index is 10.7. The van der Waals surface area contributed by atoms with Gasteiger partial charge in [-0.25, -0.2) is 9.78 Å². The van der Waals surface area contributed by atoms with E-state index in [1.165, 1.54) is 0 Å². The summed E-state index contributed by atoms with van der Waals surface area (Å²) in [6.45, 7) is 3.81. The first-order valence-electron chi connectivity index (χ1n) is 4.27. The molecule has 1 N–H and O–H groups in total. The molecular weight excluding hydrogens is 180 g/mol. The van der Waals surface area contributed by atoms with E-state index < -0.39 is 5.97 Å². The zero-order chi connectivity index (χ0) is 10.3. The van der Waals surface area contributed by atoms with Crippen molar-refractivity contribution in [3.05, 3.63) is 35.3 Å². The van der Waals surface area contributed by atoms with E-state index in [0.29, 0.717) is 5.65 Å². The van der Waals surface area contributed by atoms with Crippen molar-refractivity contribution in [1.82, 2.24) is 9.38 Å². The van der Waals surface area contributed by atoms with Crippen molar-refractivity contribution >= 4 is 11.6 Å². The van der Waals surface area contributed by atoms with Gasteiger partial charge in [0.2, 0.25) is 0 Å². The van der Waals surface area contributed by atoms with Crippen molar-refractivity contribution in [3.8, 4) is 0 Å². The van der Waals surface area contributed by atoms with Crippen LogP contribution in [-0.2, 0) is 0 Å². The lowest BCUT2D eigenvalue weighted by Crippen LogP contribution is -1.94. The molecule has 4 nitrogen and oxygen atoms in total. The molecule has 72 valence electrons. The average molecular weight is 190 g/mol. The summed E-state index contributed by atoms with van der Waals surface area (Å²) in [5.74, 6) is -0.924. The molecule has 0 saturated carbocycles. The van der Waals surface area contributed by atoms with Crippen LogP contribution < -0.4 is 0 Å². The second-order valence-corrected chi connectivity index (χ2v) is 3.30. The molecule has 0 atom stereocenters. The molecule has 0 aliphatic rings. The summed E-state index contributed by atoms with van der Waals surface area (Å²) in [4.78, 5) is 15.0. The van der Waals surface area contributed by atoms with Gasteiger partial charge >= 0.3 is 5.97 Å². The number of rotatable bonds is 1. The molecule has 0 fully saturated rings. The molecular formula is C10H10N2O2. The van der Waals surface area contributed by atoms with Crippen LogP contribution >= 0.6 is 0 Å². The third kappa shape index (κ3) is 1.25. The Morgan fingerprint density at radius 2 is 2.14 bits per heavy atom. The van der Waals surface area contributed by atoms with Crippen LogP contribution in [0.1, 0.15) is 21.7 Å². The molecule has 14 heavy (non-hydrogen) atoms. The first-order chi connectivity index (χ1) is 6.58. The van der Waals surface area contributed by atoms with Crippen LogP contribution in [-0.4, -0.2) is 20.5 Å². The molecule has 0 aliphatic carbocycles. The van der Waals surface area contributed by atoms with Gasteiger partial charge in [-0.1, -0.05) is 0 Å². The number of hydrogen-bond donors (Lipinski definition) is 1. The number of aromatic carboxylic acids is 1. The second-order valence-electron chi connectivity index (χ2n) is 3.30. The highest BCUT2D eigenvalue weighted by Gasteiger charge is 2.08. The van der Waals surface area contributed by atoms with E-state index in [-0.39, 0.29) is 5.56 Å². The lowest BCUT2D eigenvalue weighted by Gasteiger charge is -2.00. The van der Waals surface area contributed by atoms with E-state index in [9.17, 15) is 4.79 Å². The highest BCUT2D eigenvalue weighted by molar-refractivity contribution is 5.89. The predicted octanol–water partition coefficient (Wildman–Crippen LogP) is 1.65. The van der Waals surface area contributed by atoms with Gasteiger partial charge in [0.05, 0.1) is 5.56 Å². The number of carboxylic acid groups (broad SMARTS) is 1. The van der Waals surface area contributed by atoms with Crippen molar-refractivity contribution < 1.29 is 9.90 Å². The van der Waals surface area contributed by atoms with Gasteiger partial charge in [-0.15, -0.1) is 0 Å². The highest BCUT2D eigenvalue weighted by Crippen LogP contribution is 2.11. The maximum Gasteiger partial charge on any atom is 0.337 e. The van der Waals surface area contributed by atoms with Crippen molar-refractivity contribution in [2.24, 2.45) is 0 Å². The molecule has 0 amide bonds. The van der Waals surface area contributed by atoms with Gasteiger partial charge in [0.1, 0.15) is 5.65 Å². The minimum Gasteiger partial charge on any atom is -0.478 e. The second kappa shape index (κ2) is 2.83. The van der Waals surface area contributed by atoms with Crippen molar-refractivity contribution in [1.29, 1.82) is 0 Å². The lowest BCUT2D eigenvalue weighted by molar-refractivity contribution is 0.0697. The normalized spacial score (nSPS) is 10.7. The molecule has 2 heterocycles. The molecule has 4 heteroatoms. The molecule has 0 saturated heterocycles. The Labute approximate surface area is 80.8 Å². The van der Waals surface area contributed by atoms with E-state index in [2.05, 4.69) is 4.98 Å². The monoisotopic (exact) mass is 190 g/mol. The fourth-order valence-corrected chi connectivity index (χ4v) is 1.52. The quantitative estimate of drug-likeness (QED) is 0.743. The van der Waals surface area contributed by atoms with Crippen molar-refractivity contribution in [2.75, 3.05) is 0 Å². The Kier molecular flexibility index (Phi) is 1.77. The Morgan fingerprint density at radius 3 is 2.79 bits per heavy atom. The van der Waals surface area contributed by atoms with Gasteiger partial charge in [-0.2, -0.15) is 0 Å². The van der Waals surface area contributed by atoms with Gasteiger partial charge in [-0.05, 0) is 26.0 Å². The third-order valence-corrected chi connectivity index (χ3v) is 2.14. The van der Waals surface area contributed by atoms with Gasteiger partial charge in [0.15, 0.2) is 0 Å². The molecule has 0 spiro atoms. The standard InChI is InChI=1S/C10H10N2O2/c1-6-3-7(2)12-5-8(10(13)14)4-9(12)11-6/h3-5H,1-2H3,(H,13,14). The van der Waals surface area contributed by atoms with Gasteiger partial charge in [0, 0.05) is 17.6 Å². The Balaban J connectivity index is 2.76. The number of carboxylic acids is 1. The summed E-state index contributed by atoms with van der Waals surface area (Å²) >= 11 is 0. The first-order valence-corrected chi connectivity index (χ1v) is 4.27. The van der Waals surface area contributed by atoms with E-state index in [4.69, 9.17) is 5.11 Å². The van der Waals surface area contributed by atoms with E-state index in [1.807, 2.05) is 19.9 Å². The van der Waals surface area contributed by atoms with Gasteiger partial charge in [0.25, 0.3) is 0 Å². The van der Waals surface area contributed by atoms with E-state index in [0.717, 1.165) is 11.4 Å². The summed E-state index contributed by atoms with van der Waals surface area (Å²) < 4.78 is 1.77. The number of hydrogen-bond acceptors (Lipinski definition) is 2. The van der Waals surface area contributed by atoms with Crippen molar-refractivity contribution in [3.63, 3.8) is 0 Å². The Hall–Kier alpha value is -1.84. The fraction of sp³-hybridized carbons (Fsp3) is 0.200. The molecule has 2 aromatic rings. The Morgan fingerprint density at radius 1 is 1.43 bits per heavy atom. The fourth-order valence-electron chi connectivity index (χ4n) is 1.52. The van der Waals surface area contributed by atoms with E-state index in [1.54, 1.807) is 16.7 Å². The summed E-state index contributed by atoms with van der Waals surface area (Å²) in [6, 6.07) is 3.49. The smallest absolute Gasteiger partial charge is 0.337 e. The molecule has 2 aromatic heterocycles. The molecule has 0 unspecified atom stereocenters. The Bertz CT molecular complexity index is 514. The minimum absolute atomic E-state index is 0.270. The summed E-state index contributed by atoms with van der Waals surface area (Å²) in [7, 11) is 0. The number of fused-ring (bicyclic) bond motifs is 1. The van der Waals surface area contributed by atoms with E-state index >= 15 is 0 Å². The molecule has 0 radical (unpaired) electrons. The van der Waals surface area contributed by atoms with Crippen molar-refractivity contribution in [2.45, 2.75) is 13.8 Å². The zero-order valence-corrected chi connectivity index (χ0v) is 7.98. The highest BCUT2D eigenvalue weighted by atomic mass is 16.4. The molecule has 0 aliphatic heterocycles. The number of carbonyl (C=O) groups is 1.